The highest BCUT2D eigenvalue weighted by molar-refractivity contribution is 7.15. The van der Waals surface area contributed by atoms with Crippen LogP contribution in [-0.2, 0) is 11.3 Å². The molecule has 2 saturated heterocycles. The number of rotatable bonds is 8. The minimum atomic E-state index is 0.112. The number of nitrogens with zero attached hydrogens (tertiary/aromatic N) is 5. The third-order valence-electron chi connectivity index (χ3n) is 6.52. The number of carbonyl (C=O) groups excluding carboxylic acids is 1. The van der Waals surface area contributed by atoms with Crippen LogP contribution in [0.1, 0.15) is 48.3 Å². The van der Waals surface area contributed by atoms with E-state index >= 15 is 0 Å². The van der Waals surface area contributed by atoms with Crippen molar-refractivity contribution < 1.29 is 9.53 Å². The first kappa shape index (κ1) is 21.7. The predicted octanol–water partition coefficient (Wildman–Crippen LogP) is 2.81. The minimum Gasteiger partial charge on any atom is -0.383 e. The molecule has 0 bridgehead atoms. The van der Waals surface area contributed by atoms with Crippen LogP contribution in [-0.4, -0.2) is 90.0 Å². The molecule has 7 nitrogen and oxygen atoms in total. The number of thiazole rings is 1. The second kappa shape index (κ2) is 10.2. The van der Waals surface area contributed by atoms with Crippen LogP contribution >= 0.6 is 11.3 Å². The monoisotopic (exact) mass is 433 g/mol. The number of aromatic nitrogens is 2. The summed E-state index contributed by atoms with van der Waals surface area (Å²) in [7, 11) is 3.95. The maximum atomic E-state index is 13.2. The van der Waals surface area contributed by atoms with Gasteiger partial charge in [0.05, 0.1) is 12.3 Å². The van der Waals surface area contributed by atoms with Crippen LogP contribution in [0, 0.1) is 5.92 Å². The van der Waals surface area contributed by atoms with E-state index in [-0.39, 0.29) is 5.91 Å². The molecule has 0 radical (unpaired) electrons. The van der Waals surface area contributed by atoms with Gasteiger partial charge in [0.1, 0.15) is 0 Å². The SMILES string of the molecule is COCCN1CCC(CN(C)Cc2c(C(=O)N3CCCCC3)nc3sccn23)CC1. The molecule has 2 aromatic heterocycles. The Kier molecular flexibility index (Phi) is 7.41. The molecule has 0 atom stereocenters. The number of hydrogen-bond donors (Lipinski definition) is 0. The molecule has 0 aromatic carbocycles. The molecule has 4 heterocycles. The lowest BCUT2D eigenvalue weighted by Crippen LogP contribution is -2.39. The van der Waals surface area contributed by atoms with E-state index in [0.717, 1.165) is 75.9 Å². The van der Waals surface area contributed by atoms with Crippen molar-refractivity contribution >= 4 is 22.2 Å². The van der Waals surface area contributed by atoms with E-state index in [0.29, 0.717) is 11.6 Å². The van der Waals surface area contributed by atoms with Crippen LogP contribution in [0.2, 0.25) is 0 Å². The quantitative estimate of drug-likeness (QED) is 0.641. The second-order valence-electron chi connectivity index (χ2n) is 8.79. The van der Waals surface area contributed by atoms with Crippen LogP contribution in [0.15, 0.2) is 11.6 Å². The summed E-state index contributed by atoms with van der Waals surface area (Å²) >= 11 is 1.60. The summed E-state index contributed by atoms with van der Waals surface area (Å²) in [5, 5.41) is 2.05. The van der Waals surface area contributed by atoms with Gasteiger partial charge < -0.3 is 19.4 Å². The highest BCUT2D eigenvalue weighted by Gasteiger charge is 2.27. The third kappa shape index (κ3) is 5.04. The van der Waals surface area contributed by atoms with E-state index in [2.05, 4.69) is 32.8 Å². The first-order valence-electron chi connectivity index (χ1n) is 11.3. The van der Waals surface area contributed by atoms with Crippen LogP contribution in [0.4, 0.5) is 0 Å². The smallest absolute Gasteiger partial charge is 0.274 e. The maximum Gasteiger partial charge on any atom is 0.274 e. The molecule has 0 N–H and O–H groups in total. The Morgan fingerprint density at radius 2 is 2.00 bits per heavy atom. The summed E-state index contributed by atoms with van der Waals surface area (Å²) in [4.78, 5) is 25.7. The standard InChI is InChI=1S/C22H35N5O2S/c1-24(16-18-6-10-25(11-7-18)12-14-29-2)17-19-20(23-22-27(19)13-15-30-22)21(28)26-8-4-3-5-9-26/h13,15,18H,3-12,14,16-17H2,1-2H3. The average molecular weight is 434 g/mol. The lowest BCUT2D eigenvalue weighted by atomic mass is 9.96. The summed E-state index contributed by atoms with van der Waals surface area (Å²) in [6.45, 7) is 7.71. The lowest BCUT2D eigenvalue weighted by Gasteiger charge is -2.33. The van der Waals surface area contributed by atoms with E-state index in [1.807, 2.05) is 4.90 Å². The van der Waals surface area contributed by atoms with Crippen molar-refractivity contribution in [3.8, 4) is 0 Å². The van der Waals surface area contributed by atoms with Crippen molar-refractivity contribution in [3.05, 3.63) is 23.0 Å². The van der Waals surface area contributed by atoms with Gasteiger partial charge in [-0.15, -0.1) is 11.3 Å². The Balaban J connectivity index is 1.39. The Hall–Kier alpha value is -1.48. The summed E-state index contributed by atoms with van der Waals surface area (Å²) in [6.07, 6.45) is 7.94. The van der Waals surface area contributed by atoms with Gasteiger partial charge in [-0.2, -0.15) is 0 Å². The fourth-order valence-electron chi connectivity index (χ4n) is 4.78. The Bertz CT molecular complexity index is 821. The normalized spacial score (nSPS) is 19.2. The van der Waals surface area contributed by atoms with Crippen LogP contribution in [0.5, 0.6) is 0 Å². The topological polar surface area (TPSA) is 53.3 Å². The first-order valence-corrected chi connectivity index (χ1v) is 12.2. The molecule has 2 aliphatic heterocycles. The van der Waals surface area contributed by atoms with E-state index in [4.69, 9.17) is 9.72 Å². The Labute approximate surface area is 183 Å². The van der Waals surface area contributed by atoms with Gasteiger partial charge in [-0.3, -0.25) is 9.20 Å². The number of hydrogen-bond acceptors (Lipinski definition) is 6. The predicted molar refractivity (Wildman–Crippen MR) is 120 cm³/mol. The zero-order valence-electron chi connectivity index (χ0n) is 18.4. The van der Waals surface area contributed by atoms with Gasteiger partial charge in [0, 0.05) is 51.4 Å². The number of amides is 1. The molecule has 0 aliphatic carbocycles. The average Bonchev–Trinajstić information content (AvgIpc) is 3.36. The molecular formula is C22H35N5O2S. The molecule has 0 spiro atoms. The fourth-order valence-corrected chi connectivity index (χ4v) is 5.51. The summed E-state index contributed by atoms with van der Waals surface area (Å²) in [6, 6.07) is 0. The van der Waals surface area contributed by atoms with E-state index in [1.165, 1.54) is 19.3 Å². The second-order valence-corrected chi connectivity index (χ2v) is 9.66. The molecule has 2 aliphatic rings. The highest BCUT2D eigenvalue weighted by Crippen LogP contribution is 2.23. The van der Waals surface area contributed by atoms with E-state index in [1.54, 1.807) is 18.4 Å². The van der Waals surface area contributed by atoms with Gasteiger partial charge in [-0.25, -0.2) is 4.98 Å². The molecule has 1 amide bonds. The summed E-state index contributed by atoms with van der Waals surface area (Å²) in [5.41, 5.74) is 1.70. The van der Waals surface area contributed by atoms with Gasteiger partial charge in [-0.1, -0.05) is 0 Å². The number of piperidine rings is 2. The zero-order valence-corrected chi connectivity index (χ0v) is 19.2. The zero-order chi connectivity index (χ0) is 20.9. The number of carbonyl (C=O) groups is 1. The molecule has 0 unspecified atom stereocenters. The Morgan fingerprint density at radius 1 is 1.23 bits per heavy atom. The molecule has 2 fully saturated rings. The minimum absolute atomic E-state index is 0.112. The number of methoxy groups -OCH3 is 1. The van der Waals surface area contributed by atoms with Crippen molar-refractivity contribution in [1.29, 1.82) is 0 Å². The largest absolute Gasteiger partial charge is 0.383 e. The molecule has 8 heteroatoms. The number of fused-ring (bicyclic) bond motifs is 1. The van der Waals surface area contributed by atoms with Crippen molar-refractivity contribution in [2.75, 3.05) is 60.0 Å². The summed E-state index contributed by atoms with van der Waals surface area (Å²) < 4.78 is 7.33. The number of ether oxygens (including phenoxy) is 1. The van der Waals surface area contributed by atoms with Gasteiger partial charge in [0.2, 0.25) is 0 Å². The molecule has 4 rings (SSSR count). The molecule has 0 saturated carbocycles. The van der Waals surface area contributed by atoms with Gasteiger partial charge >= 0.3 is 0 Å². The van der Waals surface area contributed by atoms with Gasteiger partial charge in [0.25, 0.3) is 5.91 Å². The van der Waals surface area contributed by atoms with Crippen LogP contribution in [0.25, 0.3) is 4.96 Å². The highest BCUT2D eigenvalue weighted by atomic mass is 32.1. The van der Waals surface area contributed by atoms with E-state index in [9.17, 15) is 4.79 Å². The lowest BCUT2D eigenvalue weighted by molar-refractivity contribution is 0.0716. The number of likely N-dealkylation sites (tertiary alicyclic amines) is 2. The fraction of sp³-hybridized carbons (Fsp3) is 0.727. The number of imidazole rings is 1. The molecule has 2 aromatic rings. The van der Waals surface area contributed by atoms with Gasteiger partial charge in [-0.05, 0) is 58.2 Å². The molecule has 30 heavy (non-hydrogen) atoms. The van der Waals surface area contributed by atoms with Crippen molar-refractivity contribution in [1.82, 2.24) is 24.1 Å². The maximum absolute atomic E-state index is 13.2. The third-order valence-corrected chi connectivity index (χ3v) is 7.27. The molecular weight excluding hydrogens is 398 g/mol. The van der Waals surface area contributed by atoms with Crippen molar-refractivity contribution in [3.63, 3.8) is 0 Å². The first-order chi connectivity index (χ1) is 14.7. The van der Waals surface area contributed by atoms with Crippen molar-refractivity contribution in [2.24, 2.45) is 5.92 Å². The van der Waals surface area contributed by atoms with E-state index < -0.39 is 0 Å². The van der Waals surface area contributed by atoms with Crippen LogP contribution in [0.3, 0.4) is 0 Å². The Morgan fingerprint density at radius 3 is 2.73 bits per heavy atom. The van der Waals surface area contributed by atoms with Gasteiger partial charge in [0.15, 0.2) is 10.7 Å². The van der Waals surface area contributed by atoms with Crippen molar-refractivity contribution in [2.45, 2.75) is 38.6 Å². The summed E-state index contributed by atoms with van der Waals surface area (Å²) in [5.74, 6) is 0.821. The van der Waals surface area contributed by atoms with Crippen LogP contribution < -0.4 is 0 Å². The molecule has 166 valence electrons.